The Balaban J connectivity index is 1.75. The van der Waals surface area contributed by atoms with Crippen molar-refractivity contribution in [1.82, 2.24) is 4.90 Å². The number of aryl methyl sites for hydroxylation is 1. The van der Waals surface area contributed by atoms with E-state index in [2.05, 4.69) is 49.2 Å². The van der Waals surface area contributed by atoms with E-state index in [9.17, 15) is 9.90 Å². The van der Waals surface area contributed by atoms with Gasteiger partial charge in [0.1, 0.15) is 5.78 Å². The van der Waals surface area contributed by atoms with Crippen LogP contribution in [0.5, 0.6) is 0 Å². The number of hydrogen-bond donors (Lipinski definition) is 1. The summed E-state index contributed by atoms with van der Waals surface area (Å²) >= 11 is 0. The number of carbonyl (C=O) groups excluding carboxylic acids is 1. The first-order valence-corrected chi connectivity index (χ1v) is 9.02. The Morgan fingerprint density at radius 1 is 1.08 bits per heavy atom. The molecule has 1 aliphatic carbocycles. The zero-order valence-electron chi connectivity index (χ0n) is 15.2. The number of carbonyl (C=O) groups is 1. The summed E-state index contributed by atoms with van der Waals surface area (Å²) in [5.41, 5.74) is 4.09. The smallest absolute Gasteiger partial charge is 0.143 e. The Kier molecular flexibility index (Phi) is 5.36. The van der Waals surface area contributed by atoms with E-state index in [-0.39, 0.29) is 6.61 Å². The van der Waals surface area contributed by atoms with E-state index in [1.54, 1.807) is 0 Å². The number of benzene rings is 2. The first-order chi connectivity index (χ1) is 12.0. The van der Waals surface area contributed by atoms with Crippen LogP contribution in [0.15, 0.2) is 48.5 Å². The predicted octanol–water partition coefficient (Wildman–Crippen LogP) is 3.47. The molecule has 132 valence electrons. The lowest BCUT2D eigenvalue weighted by Gasteiger charge is -2.36. The van der Waals surface area contributed by atoms with Crippen LogP contribution in [-0.2, 0) is 29.8 Å². The maximum Gasteiger partial charge on any atom is 0.143 e. The third-order valence-electron chi connectivity index (χ3n) is 5.48. The molecule has 0 heterocycles. The molecule has 1 aliphatic rings. The molecule has 2 aromatic rings. The van der Waals surface area contributed by atoms with Crippen LogP contribution in [0.4, 0.5) is 0 Å². The molecule has 2 aromatic carbocycles. The van der Waals surface area contributed by atoms with E-state index in [1.165, 1.54) is 11.1 Å². The standard InChI is InChI=1S/C22H27NO2/c1-22(12-13-23(2)15-17-6-4-3-5-7-17)20-14-18(16-24)8-9-19(20)10-11-21(22)25/h3-9,14,24H,10-13,15-16H2,1-2H3. The Bertz CT molecular complexity index is 741. The van der Waals surface area contributed by atoms with Gasteiger partial charge in [-0.25, -0.2) is 0 Å². The summed E-state index contributed by atoms with van der Waals surface area (Å²) in [6, 6.07) is 16.5. The summed E-state index contributed by atoms with van der Waals surface area (Å²) in [6.07, 6.45) is 2.23. The minimum Gasteiger partial charge on any atom is -0.392 e. The minimum atomic E-state index is -0.455. The first-order valence-electron chi connectivity index (χ1n) is 9.02. The number of fused-ring (bicyclic) bond motifs is 1. The summed E-state index contributed by atoms with van der Waals surface area (Å²) in [5, 5.41) is 9.46. The second kappa shape index (κ2) is 7.51. The third-order valence-corrected chi connectivity index (χ3v) is 5.48. The molecule has 0 bridgehead atoms. The van der Waals surface area contributed by atoms with Crippen molar-refractivity contribution in [3.8, 4) is 0 Å². The Labute approximate surface area is 150 Å². The van der Waals surface area contributed by atoms with Gasteiger partial charge in [0.05, 0.1) is 12.0 Å². The number of rotatable bonds is 6. The number of aliphatic hydroxyl groups is 1. The van der Waals surface area contributed by atoms with Crippen LogP contribution in [0.1, 0.15) is 42.0 Å². The quantitative estimate of drug-likeness (QED) is 0.877. The van der Waals surface area contributed by atoms with Gasteiger partial charge in [0.25, 0.3) is 0 Å². The first kappa shape index (κ1) is 17.8. The molecule has 1 N–H and O–H groups in total. The maximum absolute atomic E-state index is 12.8. The topological polar surface area (TPSA) is 40.5 Å². The highest BCUT2D eigenvalue weighted by molar-refractivity contribution is 5.92. The van der Waals surface area contributed by atoms with Gasteiger partial charge in [-0.1, -0.05) is 48.5 Å². The average molecular weight is 337 g/mol. The van der Waals surface area contributed by atoms with Gasteiger partial charge in [0.15, 0.2) is 0 Å². The second-order valence-corrected chi connectivity index (χ2v) is 7.38. The van der Waals surface area contributed by atoms with E-state index in [4.69, 9.17) is 0 Å². The Morgan fingerprint density at radius 2 is 1.84 bits per heavy atom. The molecule has 0 aliphatic heterocycles. The van der Waals surface area contributed by atoms with Crippen molar-refractivity contribution in [2.24, 2.45) is 0 Å². The number of hydrogen-bond acceptors (Lipinski definition) is 3. The van der Waals surface area contributed by atoms with Gasteiger partial charge in [-0.2, -0.15) is 0 Å². The van der Waals surface area contributed by atoms with Crippen LogP contribution in [0.2, 0.25) is 0 Å². The highest BCUT2D eigenvalue weighted by Gasteiger charge is 2.39. The van der Waals surface area contributed by atoms with Gasteiger partial charge in [-0.05, 0) is 55.6 Å². The van der Waals surface area contributed by atoms with E-state index in [1.807, 2.05) is 18.2 Å². The van der Waals surface area contributed by atoms with Crippen LogP contribution in [-0.4, -0.2) is 29.4 Å². The monoisotopic (exact) mass is 337 g/mol. The molecule has 1 atom stereocenters. The van der Waals surface area contributed by atoms with E-state index in [0.29, 0.717) is 12.2 Å². The molecule has 0 saturated heterocycles. The molecule has 0 aromatic heterocycles. The number of nitrogens with zero attached hydrogens (tertiary/aromatic N) is 1. The summed E-state index contributed by atoms with van der Waals surface area (Å²) in [5.74, 6) is 0.322. The summed E-state index contributed by atoms with van der Waals surface area (Å²) in [4.78, 5) is 15.0. The Hall–Kier alpha value is -1.97. The number of ketones is 1. The molecule has 3 heteroatoms. The molecule has 0 saturated carbocycles. The summed E-state index contributed by atoms with van der Waals surface area (Å²) in [6.45, 7) is 3.84. The minimum absolute atomic E-state index is 0.0193. The van der Waals surface area contributed by atoms with Gasteiger partial charge in [-0.15, -0.1) is 0 Å². The van der Waals surface area contributed by atoms with Crippen molar-refractivity contribution < 1.29 is 9.90 Å². The molecular formula is C22H27NO2. The second-order valence-electron chi connectivity index (χ2n) is 7.38. The average Bonchev–Trinajstić information content (AvgIpc) is 2.64. The SMILES string of the molecule is CN(CCC1(C)C(=O)CCc2ccc(CO)cc21)Cc1ccccc1. The fourth-order valence-electron chi connectivity index (χ4n) is 3.79. The van der Waals surface area contributed by atoms with Gasteiger partial charge >= 0.3 is 0 Å². The molecule has 0 amide bonds. The van der Waals surface area contributed by atoms with Gasteiger partial charge in [-0.3, -0.25) is 4.79 Å². The van der Waals surface area contributed by atoms with E-state index >= 15 is 0 Å². The molecular weight excluding hydrogens is 310 g/mol. The van der Waals surface area contributed by atoms with Crippen molar-refractivity contribution in [3.63, 3.8) is 0 Å². The van der Waals surface area contributed by atoms with Gasteiger partial charge < -0.3 is 10.0 Å². The van der Waals surface area contributed by atoms with Crippen molar-refractivity contribution in [2.45, 2.75) is 44.8 Å². The molecule has 0 spiro atoms. The molecule has 1 unspecified atom stereocenters. The normalized spacial score (nSPS) is 19.9. The van der Waals surface area contributed by atoms with Gasteiger partial charge in [0, 0.05) is 13.0 Å². The lowest BCUT2D eigenvalue weighted by atomic mass is 9.68. The number of Topliss-reactive ketones (excluding diaryl/α,β-unsaturated/α-hetero) is 1. The summed E-state index contributed by atoms with van der Waals surface area (Å²) < 4.78 is 0. The summed E-state index contributed by atoms with van der Waals surface area (Å²) in [7, 11) is 2.11. The van der Waals surface area contributed by atoms with Gasteiger partial charge in [0.2, 0.25) is 0 Å². The van der Waals surface area contributed by atoms with Crippen LogP contribution < -0.4 is 0 Å². The van der Waals surface area contributed by atoms with Crippen LogP contribution in [0.25, 0.3) is 0 Å². The van der Waals surface area contributed by atoms with Crippen molar-refractivity contribution in [2.75, 3.05) is 13.6 Å². The van der Waals surface area contributed by atoms with Crippen LogP contribution >= 0.6 is 0 Å². The largest absolute Gasteiger partial charge is 0.392 e. The maximum atomic E-state index is 12.8. The third kappa shape index (κ3) is 3.83. The molecule has 25 heavy (non-hydrogen) atoms. The van der Waals surface area contributed by atoms with Crippen molar-refractivity contribution in [3.05, 3.63) is 70.8 Å². The zero-order valence-corrected chi connectivity index (χ0v) is 15.2. The van der Waals surface area contributed by atoms with E-state index in [0.717, 1.165) is 37.1 Å². The van der Waals surface area contributed by atoms with Crippen molar-refractivity contribution in [1.29, 1.82) is 0 Å². The Morgan fingerprint density at radius 3 is 2.56 bits per heavy atom. The lowest BCUT2D eigenvalue weighted by Crippen LogP contribution is -2.40. The lowest BCUT2D eigenvalue weighted by molar-refractivity contribution is -0.125. The van der Waals surface area contributed by atoms with Crippen molar-refractivity contribution >= 4 is 5.78 Å². The number of aliphatic hydroxyl groups excluding tert-OH is 1. The molecule has 3 rings (SSSR count). The highest BCUT2D eigenvalue weighted by Crippen LogP contribution is 2.38. The molecule has 0 radical (unpaired) electrons. The highest BCUT2D eigenvalue weighted by atomic mass is 16.3. The fourth-order valence-corrected chi connectivity index (χ4v) is 3.79. The van der Waals surface area contributed by atoms with E-state index < -0.39 is 5.41 Å². The van der Waals surface area contributed by atoms with Crippen LogP contribution in [0, 0.1) is 0 Å². The molecule has 3 nitrogen and oxygen atoms in total. The zero-order chi connectivity index (χ0) is 17.9. The van der Waals surface area contributed by atoms with Crippen LogP contribution in [0.3, 0.4) is 0 Å². The predicted molar refractivity (Wildman–Crippen MR) is 100 cm³/mol. The molecule has 0 fully saturated rings. The fraction of sp³-hybridized carbons (Fsp3) is 0.409.